The molecule has 0 saturated heterocycles. The Morgan fingerprint density at radius 1 is 1.15 bits per heavy atom. The van der Waals surface area contributed by atoms with Crippen molar-refractivity contribution in [3.05, 3.63) is 34.4 Å². The number of rotatable bonds is 1. The third-order valence-electron chi connectivity index (χ3n) is 2.29. The number of carboxylic acid groups (broad SMARTS) is 1. The van der Waals surface area contributed by atoms with Gasteiger partial charge in [-0.25, -0.2) is 4.79 Å². The van der Waals surface area contributed by atoms with Crippen LogP contribution in [0.2, 0.25) is 0 Å². The molecule has 2 nitrogen and oxygen atoms in total. The number of aromatic carboxylic acids is 1. The number of benzene rings is 1. The zero-order valence-electron chi connectivity index (χ0n) is 7.51. The monoisotopic (exact) mass is 282 g/mol. The van der Waals surface area contributed by atoms with E-state index in [1.165, 1.54) is 0 Å². The first kappa shape index (κ1) is 12.6. The summed E-state index contributed by atoms with van der Waals surface area (Å²) < 4.78 is 0. The van der Waals surface area contributed by atoms with Gasteiger partial charge in [-0.15, -0.1) is 0 Å². The van der Waals surface area contributed by atoms with Gasteiger partial charge >= 0.3 is 31.8 Å². The Hall–Kier alpha value is -0.440. The molecule has 0 saturated carbocycles. The molecule has 0 unspecified atom stereocenters. The quantitative estimate of drug-likeness (QED) is 0.838. The fraction of sp³-hybridized carbons (Fsp3) is 0.300. The second-order valence-corrected chi connectivity index (χ2v) is 2.99. The van der Waals surface area contributed by atoms with Crippen molar-refractivity contribution in [3.63, 3.8) is 0 Å². The van der Waals surface area contributed by atoms with Crippen LogP contribution in [0, 0.1) is 20.8 Å². The molecule has 0 fully saturated rings. The van der Waals surface area contributed by atoms with Crippen molar-refractivity contribution in [3.8, 4) is 0 Å². The summed E-state index contributed by atoms with van der Waals surface area (Å²) in [4.78, 5) is 10.7. The molecule has 0 atom stereocenters. The van der Waals surface area contributed by atoms with E-state index in [0.29, 0.717) is 5.56 Å². The van der Waals surface area contributed by atoms with E-state index >= 15 is 0 Å². The van der Waals surface area contributed by atoms with Crippen LogP contribution < -0.4 is 0 Å². The second kappa shape index (κ2) is 4.70. The number of aryl methyl sites for hydroxylation is 1. The molecule has 0 spiro atoms. The van der Waals surface area contributed by atoms with E-state index in [4.69, 9.17) is 5.11 Å². The third-order valence-corrected chi connectivity index (χ3v) is 2.29. The summed E-state index contributed by atoms with van der Waals surface area (Å²) in [6.07, 6.45) is 0. The first-order valence-electron chi connectivity index (χ1n) is 3.84. The molecule has 3 heteroatoms. The number of hydrogen-bond acceptors (Lipinski definition) is 1. The molecule has 0 amide bonds. The Kier molecular flexibility index (Phi) is 4.54. The van der Waals surface area contributed by atoms with E-state index in [9.17, 15) is 4.79 Å². The van der Waals surface area contributed by atoms with Crippen molar-refractivity contribution < 1.29 is 9.90 Å². The van der Waals surface area contributed by atoms with Crippen molar-refractivity contribution in [2.45, 2.75) is 20.8 Å². The van der Waals surface area contributed by atoms with Gasteiger partial charge in [0.2, 0.25) is 0 Å². The van der Waals surface area contributed by atoms with Crippen molar-refractivity contribution in [1.29, 1.82) is 0 Å². The molecule has 13 heavy (non-hydrogen) atoms. The van der Waals surface area contributed by atoms with Crippen molar-refractivity contribution >= 4 is 31.8 Å². The van der Waals surface area contributed by atoms with Crippen molar-refractivity contribution in [2.75, 3.05) is 0 Å². The molecule has 0 radical (unpaired) electrons. The van der Waals surface area contributed by atoms with Crippen LogP contribution in [0.1, 0.15) is 27.0 Å². The van der Waals surface area contributed by atoms with Crippen molar-refractivity contribution in [2.24, 2.45) is 0 Å². The Morgan fingerprint density at radius 3 is 2.15 bits per heavy atom. The standard InChI is InChI=1S/C10H12O2.In.3H/c1-6-4-5-9(10(11)12)8(3)7(6)2;;;;/h4-5H,1-3H3,(H,11,12);;;;. The molecule has 0 heterocycles. The zero-order valence-corrected chi connectivity index (χ0v) is 7.51. The van der Waals surface area contributed by atoms with Gasteiger partial charge < -0.3 is 5.11 Å². The maximum atomic E-state index is 10.7. The molecular weight excluding hydrogens is 267 g/mol. The summed E-state index contributed by atoms with van der Waals surface area (Å²) >= 11 is 0. The van der Waals surface area contributed by atoms with Gasteiger partial charge in [0.1, 0.15) is 0 Å². The molecule has 0 bridgehead atoms. The van der Waals surface area contributed by atoms with E-state index in [2.05, 4.69) is 0 Å². The normalized spacial score (nSPS) is 9.15. The fourth-order valence-electron chi connectivity index (χ4n) is 1.19. The summed E-state index contributed by atoms with van der Waals surface area (Å²) in [7, 11) is 0. The summed E-state index contributed by atoms with van der Waals surface area (Å²) in [5.74, 6) is -0.851. The first-order valence-corrected chi connectivity index (χ1v) is 3.84. The molecule has 70 valence electrons. The molecule has 0 aromatic heterocycles. The fourth-order valence-corrected chi connectivity index (χ4v) is 1.19. The molecule has 1 aromatic rings. The average molecular weight is 282 g/mol. The van der Waals surface area contributed by atoms with Crippen LogP contribution in [0.3, 0.4) is 0 Å². The van der Waals surface area contributed by atoms with Crippen LogP contribution in [-0.2, 0) is 0 Å². The van der Waals surface area contributed by atoms with Crippen LogP contribution >= 0.6 is 0 Å². The summed E-state index contributed by atoms with van der Waals surface area (Å²) in [5, 5.41) is 8.78. The Balaban J connectivity index is 0.00000144. The van der Waals surface area contributed by atoms with Crippen molar-refractivity contribution in [1.82, 2.24) is 0 Å². The minimum atomic E-state index is -0.851. The topological polar surface area (TPSA) is 37.3 Å². The summed E-state index contributed by atoms with van der Waals surface area (Å²) in [6, 6.07) is 3.49. The Labute approximate surface area is 96.8 Å². The number of hydrogen-bond donors (Lipinski definition) is 1. The van der Waals surface area contributed by atoms with Gasteiger partial charge in [0.05, 0.1) is 5.56 Å². The van der Waals surface area contributed by atoms with E-state index in [-0.39, 0.29) is 25.8 Å². The molecular formula is C10H15InO2. The zero-order chi connectivity index (χ0) is 9.30. The predicted octanol–water partition coefficient (Wildman–Crippen LogP) is 1.13. The molecule has 1 aromatic carbocycles. The van der Waals surface area contributed by atoms with E-state index < -0.39 is 5.97 Å². The SMILES string of the molecule is Cc1ccc(C(=O)O)c(C)c1C.[InH3]. The maximum absolute atomic E-state index is 10.7. The van der Waals surface area contributed by atoms with Gasteiger partial charge in [0.25, 0.3) is 0 Å². The van der Waals surface area contributed by atoms with Gasteiger partial charge in [-0.05, 0) is 43.5 Å². The van der Waals surface area contributed by atoms with Crippen LogP contribution in [0.4, 0.5) is 0 Å². The summed E-state index contributed by atoms with van der Waals surface area (Å²) in [5.41, 5.74) is 3.47. The average Bonchev–Trinajstić information content (AvgIpc) is 2.00. The van der Waals surface area contributed by atoms with Gasteiger partial charge in [0.15, 0.2) is 0 Å². The molecule has 1 rings (SSSR count). The van der Waals surface area contributed by atoms with Crippen LogP contribution in [0.5, 0.6) is 0 Å². The minimum absolute atomic E-state index is 0. The summed E-state index contributed by atoms with van der Waals surface area (Å²) in [6.45, 7) is 5.76. The van der Waals surface area contributed by atoms with E-state index in [0.717, 1.165) is 16.7 Å². The van der Waals surface area contributed by atoms with E-state index in [1.54, 1.807) is 6.07 Å². The Morgan fingerprint density at radius 2 is 1.69 bits per heavy atom. The van der Waals surface area contributed by atoms with Crippen LogP contribution in [-0.4, -0.2) is 36.9 Å². The predicted molar refractivity (Wildman–Crippen MR) is 57.6 cm³/mol. The van der Waals surface area contributed by atoms with Gasteiger partial charge in [-0.3, -0.25) is 0 Å². The Bertz CT molecular complexity index is 332. The van der Waals surface area contributed by atoms with E-state index in [1.807, 2.05) is 26.8 Å². The van der Waals surface area contributed by atoms with Gasteiger partial charge in [-0.2, -0.15) is 0 Å². The first-order chi connectivity index (χ1) is 5.54. The van der Waals surface area contributed by atoms with Gasteiger partial charge in [-0.1, -0.05) is 6.07 Å². The molecule has 0 aliphatic carbocycles. The third kappa shape index (κ3) is 2.50. The van der Waals surface area contributed by atoms with Crippen LogP contribution in [0.25, 0.3) is 0 Å². The van der Waals surface area contributed by atoms with Crippen LogP contribution in [0.15, 0.2) is 12.1 Å². The number of carbonyl (C=O) groups is 1. The van der Waals surface area contributed by atoms with Gasteiger partial charge in [0, 0.05) is 0 Å². The molecule has 0 aliphatic rings. The molecule has 0 aliphatic heterocycles. The number of carboxylic acids is 1. The second-order valence-electron chi connectivity index (χ2n) is 2.99. The molecule has 1 N–H and O–H groups in total.